The molecule has 0 unspecified atom stereocenters. The van der Waals surface area contributed by atoms with Crippen LogP contribution in [-0.2, 0) is 18.0 Å². The quantitative estimate of drug-likeness (QED) is 0.298. The first-order valence-corrected chi connectivity index (χ1v) is 10.9. The molecule has 0 aliphatic heterocycles. The van der Waals surface area contributed by atoms with E-state index in [-0.39, 0.29) is 24.1 Å². The Morgan fingerprint density at radius 1 is 1.18 bits per heavy atom. The summed E-state index contributed by atoms with van der Waals surface area (Å²) in [5.41, 5.74) is 5.64. The highest BCUT2D eigenvalue weighted by atomic mass is 35.5. The SMILES string of the molecule is CCOc1cc(C=NNc2nc(C)cc(COC)c2C#N)cc(Cl)c1OCc1ccccc1F. The number of nitrogens with one attached hydrogen (secondary N) is 1. The monoisotopic (exact) mass is 482 g/mol. The summed E-state index contributed by atoms with van der Waals surface area (Å²) in [6.07, 6.45) is 1.52. The zero-order chi connectivity index (χ0) is 24.5. The van der Waals surface area contributed by atoms with Crippen LogP contribution in [0.3, 0.4) is 0 Å². The Labute approximate surface area is 202 Å². The second-order valence-electron chi connectivity index (χ2n) is 7.20. The number of hydrogen-bond donors (Lipinski definition) is 1. The fourth-order valence-electron chi connectivity index (χ4n) is 3.21. The number of halogens is 2. The first kappa shape index (κ1) is 25.0. The first-order chi connectivity index (χ1) is 16.5. The summed E-state index contributed by atoms with van der Waals surface area (Å²) >= 11 is 6.45. The minimum atomic E-state index is -0.360. The number of nitrogens with zero attached hydrogens (tertiary/aromatic N) is 3. The average Bonchev–Trinajstić information content (AvgIpc) is 2.80. The zero-order valence-corrected chi connectivity index (χ0v) is 19.8. The van der Waals surface area contributed by atoms with E-state index in [1.807, 2.05) is 13.8 Å². The fourth-order valence-corrected chi connectivity index (χ4v) is 3.49. The topological polar surface area (TPSA) is 88.8 Å². The number of benzene rings is 2. The predicted octanol–water partition coefficient (Wildman–Crippen LogP) is 5.62. The van der Waals surface area contributed by atoms with Crippen molar-refractivity contribution >= 4 is 23.6 Å². The van der Waals surface area contributed by atoms with Crippen LogP contribution in [0, 0.1) is 24.1 Å². The molecule has 0 aliphatic carbocycles. The number of anilines is 1. The molecule has 0 fully saturated rings. The lowest BCUT2D eigenvalue weighted by atomic mass is 10.1. The molecular weight excluding hydrogens is 459 g/mol. The van der Waals surface area contributed by atoms with E-state index in [9.17, 15) is 9.65 Å². The molecule has 0 radical (unpaired) electrons. The molecule has 0 aliphatic rings. The molecule has 3 rings (SSSR count). The van der Waals surface area contributed by atoms with Crippen LogP contribution in [0.2, 0.25) is 5.02 Å². The van der Waals surface area contributed by atoms with Crippen LogP contribution in [0.15, 0.2) is 47.6 Å². The number of nitriles is 1. The molecule has 7 nitrogen and oxygen atoms in total. The van der Waals surface area contributed by atoms with Gasteiger partial charge in [0.1, 0.15) is 24.1 Å². The number of hydrazone groups is 1. The van der Waals surface area contributed by atoms with E-state index in [1.165, 1.54) is 12.3 Å². The second kappa shape index (κ2) is 12.0. The van der Waals surface area contributed by atoms with E-state index in [2.05, 4.69) is 21.6 Å². The number of ether oxygens (including phenoxy) is 3. The minimum Gasteiger partial charge on any atom is -0.490 e. The molecular formula is C25H24ClFN4O3. The lowest BCUT2D eigenvalue weighted by molar-refractivity contribution is 0.184. The molecule has 0 atom stereocenters. The summed E-state index contributed by atoms with van der Waals surface area (Å²) in [5.74, 6) is 0.683. The van der Waals surface area contributed by atoms with E-state index in [0.717, 1.165) is 5.69 Å². The summed E-state index contributed by atoms with van der Waals surface area (Å²) in [5, 5.41) is 14.0. The van der Waals surface area contributed by atoms with Gasteiger partial charge in [-0.1, -0.05) is 29.8 Å². The Morgan fingerprint density at radius 3 is 2.68 bits per heavy atom. The van der Waals surface area contributed by atoms with Gasteiger partial charge in [0.25, 0.3) is 0 Å². The van der Waals surface area contributed by atoms with Gasteiger partial charge in [-0.2, -0.15) is 10.4 Å². The summed E-state index contributed by atoms with van der Waals surface area (Å²) in [6.45, 7) is 4.32. The fraction of sp³-hybridized carbons (Fsp3) is 0.240. The van der Waals surface area contributed by atoms with Gasteiger partial charge in [-0.05, 0) is 43.7 Å². The smallest absolute Gasteiger partial charge is 0.180 e. The first-order valence-electron chi connectivity index (χ1n) is 10.5. The number of hydrogen-bond acceptors (Lipinski definition) is 7. The number of aromatic nitrogens is 1. The molecule has 2 aromatic carbocycles. The molecule has 3 aromatic rings. The highest BCUT2D eigenvalue weighted by molar-refractivity contribution is 6.32. The molecule has 0 amide bonds. The van der Waals surface area contributed by atoms with Crippen molar-refractivity contribution in [3.63, 3.8) is 0 Å². The summed E-state index contributed by atoms with van der Waals surface area (Å²) in [4.78, 5) is 4.35. The third kappa shape index (κ3) is 6.22. The number of methoxy groups -OCH3 is 1. The summed E-state index contributed by atoms with van der Waals surface area (Å²) in [6, 6.07) is 13.7. The van der Waals surface area contributed by atoms with Gasteiger partial charge >= 0.3 is 0 Å². The van der Waals surface area contributed by atoms with Gasteiger partial charge in [0, 0.05) is 23.9 Å². The van der Waals surface area contributed by atoms with Gasteiger partial charge in [0.15, 0.2) is 17.3 Å². The van der Waals surface area contributed by atoms with Crippen LogP contribution in [-0.4, -0.2) is 24.9 Å². The van der Waals surface area contributed by atoms with E-state index in [0.29, 0.717) is 46.2 Å². The third-order valence-electron chi connectivity index (χ3n) is 4.69. The Kier molecular flexibility index (Phi) is 8.79. The maximum atomic E-state index is 13.9. The highest BCUT2D eigenvalue weighted by Gasteiger charge is 2.14. The molecule has 0 saturated heterocycles. The van der Waals surface area contributed by atoms with Crippen LogP contribution >= 0.6 is 11.6 Å². The molecule has 176 valence electrons. The second-order valence-corrected chi connectivity index (χ2v) is 7.61. The Morgan fingerprint density at radius 2 is 1.97 bits per heavy atom. The Hall–Kier alpha value is -3.67. The number of pyridine rings is 1. The van der Waals surface area contributed by atoms with E-state index >= 15 is 0 Å². The van der Waals surface area contributed by atoms with Crippen LogP contribution in [0.25, 0.3) is 0 Å². The van der Waals surface area contributed by atoms with Crippen molar-refractivity contribution in [3.8, 4) is 17.6 Å². The maximum absolute atomic E-state index is 13.9. The Bertz CT molecular complexity index is 1230. The van der Waals surface area contributed by atoms with Crippen molar-refractivity contribution in [2.75, 3.05) is 19.1 Å². The lowest BCUT2D eigenvalue weighted by Gasteiger charge is -2.15. The molecule has 0 saturated carbocycles. The summed E-state index contributed by atoms with van der Waals surface area (Å²) < 4.78 is 30.6. The average molecular weight is 483 g/mol. The van der Waals surface area contributed by atoms with Gasteiger partial charge in [0.2, 0.25) is 0 Å². The van der Waals surface area contributed by atoms with Crippen LogP contribution in [0.4, 0.5) is 10.2 Å². The van der Waals surface area contributed by atoms with Crippen molar-refractivity contribution in [2.24, 2.45) is 5.10 Å². The molecule has 1 heterocycles. The molecule has 0 bridgehead atoms. The predicted molar refractivity (Wildman–Crippen MR) is 129 cm³/mol. The third-order valence-corrected chi connectivity index (χ3v) is 4.97. The van der Waals surface area contributed by atoms with Crippen molar-refractivity contribution in [2.45, 2.75) is 27.1 Å². The molecule has 9 heteroatoms. The van der Waals surface area contributed by atoms with Crippen LogP contribution in [0.5, 0.6) is 11.5 Å². The number of aryl methyl sites for hydroxylation is 1. The standard InChI is InChI=1S/C25H24ClFN4O3/c1-4-33-23-11-17(10-21(26)24(23)34-15-18-7-5-6-8-22(18)27)13-29-31-25-20(12-28)19(14-32-3)9-16(2)30-25/h5-11,13H,4,14-15H2,1-3H3,(H,30,31). The van der Waals surface area contributed by atoms with Gasteiger partial charge < -0.3 is 14.2 Å². The van der Waals surface area contributed by atoms with Crippen molar-refractivity contribution in [1.82, 2.24) is 4.98 Å². The molecule has 1 N–H and O–H groups in total. The zero-order valence-electron chi connectivity index (χ0n) is 19.1. The summed E-state index contributed by atoms with van der Waals surface area (Å²) in [7, 11) is 1.56. The molecule has 1 aromatic heterocycles. The van der Waals surface area contributed by atoms with Gasteiger partial charge in [-0.3, -0.25) is 5.43 Å². The van der Waals surface area contributed by atoms with Gasteiger partial charge in [-0.15, -0.1) is 0 Å². The van der Waals surface area contributed by atoms with Crippen LogP contribution < -0.4 is 14.9 Å². The normalized spacial score (nSPS) is 10.8. The van der Waals surface area contributed by atoms with E-state index < -0.39 is 0 Å². The minimum absolute atomic E-state index is 0.00122. The van der Waals surface area contributed by atoms with E-state index in [4.69, 9.17) is 25.8 Å². The lowest BCUT2D eigenvalue weighted by Crippen LogP contribution is -2.04. The van der Waals surface area contributed by atoms with Gasteiger partial charge in [0.05, 0.1) is 24.5 Å². The van der Waals surface area contributed by atoms with Gasteiger partial charge in [-0.25, -0.2) is 9.37 Å². The molecule has 34 heavy (non-hydrogen) atoms. The Balaban J connectivity index is 1.82. The van der Waals surface area contributed by atoms with Crippen molar-refractivity contribution in [1.29, 1.82) is 5.26 Å². The largest absolute Gasteiger partial charge is 0.490 e. The van der Waals surface area contributed by atoms with Crippen molar-refractivity contribution in [3.05, 3.63) is 81.3 Å². The highest BCUT2D eigenvalue weighted by Crippen LogP contribution is 2.37. The number of rotatable bonds is 10. The van der Waals surface area contributed by atoms with Crippen molar-refractivity contribution < 1.29 is 18.6 Å². The molecule has 0 spiro atoms. The van der Waals surface area contributed by atoms with E-state index in [1.54, 1.807) is 43.5 Å². The van der Waals surface area contributed by atoms with Crippen LogP contribution in [0.1, 0.15) is 34.9 Å². The maximum Gasteiger partial charge on any atom is 0.180 e.